The summed E-state index contributed by atoms with van der Waals surface area (Å²) in [6, 6.07) is 0. The Hall–Kier alpha value is 0.0395. The van der Waals surface area contributed by atoms with E-state index in [-0.39, 0.29) is 0 Å². The molecule has 0 fully saturated rings. The van der Waals surface area contributed by atoms with Gasteiger partial charge in [-0.05, 0) is 0 Å². The van der Waals surface area contributed by atoms with E-state index in [4.69, 9.17) is 4.74 Å². The van der Waals surface area contributed by atoms with E-state index in [1.54, 1.807) is 7.11 Å². The summed E-state index contributed by atoms with van der Waals surface area (Å²) in [6.45, 7) is 0.681. The summed E-state index contributed by atoms with van der Waals surface area (Å²) < 4.78 is 4.69. The molecular weight excluding hydrogens is 140 g/mol. The van der Waals surface area contributed by atoms with Gasteiger partial charge in [0.15, 0.2) is 0 Å². The van der Waals surface area contributed by atoms with Gasteiger partial charge in [-0.25, -0.2) is 0 Å². The fraction of sp³-hybridized carbons (Fsp3) is 0.600. The van der Waals surface area contributed by atoms with E-state index in [1.807, 2.05) is 0 Å². The molecule has 44 valence electrons. The van der Waals surface area contributed by atoms with Gasteiger partial charge in [0.05, 0.1) is 0 Å². The van der Waals surface area contributed by atoms with Crippen LogP contribution in [-0.4, -0.2) is 13.7 Å². The van der Waals surface area contributed by atoms with Crippen LogP contribution in [0, 0.1) is 10.7 Å². The van der Waals surface area contributed by atoms with Crippen molar-refractivity contribution in [3.8, 4) is 10.7 Å². The van der Waals surface area contributed by atoms with Crippen molar-refractivity contribution < 1.29 is 20.7 Å². The van der Waals surface area contributed by atoms with E-state index in [9.17, 15) is 0 Å². The second-order valence-electron chi connectivity index (χ2n) is 0.995. The maximum atomic E-state index is 4.69. The molecule has 1 nitrogen and oxygen atoms in total. The summed E-state index contributed by atoms with van der Waals surface area (Å²) >= 11 is 4.47. The third kappa shape index (κ3) is 6.04. The minimum absolute atomic E-state index is 0.681. The van der Waals surface area contributed by atoms with E-state index in [0.717, 1.165) is 6.42 Å². The van der Waals surface area contributed by atoms with Gasteiger partial charge in [0.1, 0.15) is 0 Å². The first-order valence-electron chi connectivity index (χ1n) is 1.95. The zero-order chi connectivity index (χ0) is 5.54. The molecule has 0 N–H and O–H groups in total. The zero-order valence-electron chi connectivity index (χ0n) is 4.12. The Bertz CT molecular complexity index is 79.8. The fourth-order valence-corrected chi connectivity index (χ4v) is 0.308. The predicted octanol–water partition coefficient (Wildman–Crippen LogP) is 0.531. The van der Waals surface area contributed by atoms with E-state index in [1.165, 1.54) is 0 Å². The maximum absolute atomic E-state index is 4.69. The number of hydrogen-bond donors (Lipinski definition) is 0. The molecule has 0 aliphatic heterocycles. The van der Waals surface area contributed by atoms with Gasteiger partial charge in [-0.3, -0.25) is 0 Å². The van der Waals surface area contributed by atoms with Crippen LogP contribution >= 0.6 is 0 Å². The molecule has 0 saturated carbocycles. The van der Waals surface area contributed by atoms with Gasteiger partial charge < -0.3 is 0 Å². The molecule has 0 aliphatic rings. The van der Waals surface area contributed by atoms with Gasteiger partial charge >= 0.3 is 51.6 Å². The van der Waals surface area contributed by atoms with Crippen molar-refractivity contribution in [2.75, 3.05) is 13.7 Å². The predicted molar refractivity (Wildman–Crippen MR) is 24.3 cm³/mol. The molecule has 0 saturated heterocycles. The summed E-state index contributed by atoms with van der Waals surface area (Å²) in [7, 11) is 1.64. The Kier molecular flexibility index (Phi) is 6.07. The summed E-state index contributed by atoms with van der Waals surface area (Å²) in [5.41, 5.74) is 0. The Morgan fingerprint density at radius 3 is 2.86 bits per heavy atom. The Morgan fingerprint density at radius 2 is 2.43 bits per heavy atom. The number of hydrogen-bond acceptors (Lipinski definition) is 1. The molecule has 0 radical (unpaired) electrons. The molecule has 0 bridgehead atoms. The molecule has 0 amide bonds. The second kappa shape index (κ2) is 6.04. The minimum atomic E-state index is 0.681. The van der Waals surface area contributed by atoms with E-state index in [2.05, 4.69) is 26.8 Å². The number of rotatable bonds is 2. The van der Waals surface area contributed by atoms with Crippen LogP contribution in [0.15, 0.2) is 0 Å². The van der Waals surface area contributed by atoms with Crippen molar-refractivity contribution in [3.05, 3.63) is 0 Å². The van der Waals surface area contributed by atoms with Gasteiger partial charge in [0.25, 0.3) is 0 Å². The molecule has 0 aliphatic carbocycles. The molecule has 0 atom stereocenters. The van der Waals surface area contributed by atoms with E-state index in [0.29, 0.717) is 6.61 Å². The third-order valence-electron chi connectivity index (χ3n) is 0.484. The molecule has 0 aromatic rings. The number of ether oxygens (including phenoxy) is 1. The van der Waals surface area contributed by atoms with Crippen LogP contribution in [0.4, 0.5) is 0 Å². The molecule has 0 heterocycles. The molecule has 0 aromatic carbocycles. The Balaban J connectivity index is 2.78. The molecule has 7 heavy (non-hydrogen) atoms. The van der Waals surface area contributed by atoms with Gasteiger partial charge in [0, 0.05) is 0 Å². The SMILES string of the molecule is COCCC#[C][Cu]. The first-order chi connectivity index (χ1) is 3.41. The molecule has 0 aromatic heterocycles. The fourth-order valence-electron chi connectivity index (χ4n) is 0.191. The Morgan fingerprint density at radius 1 is 1.71 bits per heavy atom. The molecular formula is C5H7CuO. The summed E-state index contributed by atoms with van der Waals surface area (Å²) in [5.74, 6) is 2.68. The quantitative estimate of drug-likeness (QED) is 0.314. The standard InChI is InChI=1S/C5H7O.Cu/c1-3-4-5-6-2;/h4-5H2,2H3;. The van der Waals surface area contributed by atoms with Crippen molar-refractivity contribution in [3.63, 3.8) is 0 Å². The van der Waals surface area contributed by atoms with Crippen LogP contribution in [-0.2, 0) is 20.7 Å². The topological polar surface area (TPSA) is 9.23 Å². The van der Waals surface area contributed by atoms with Crippen LogP contribution in [0.5, 0.6) is 0 Å². The first kappa shape index (κ1) is 7.04. The van der Waals surface area contributed by atoms with Crippen molar-refractivity contribution >= 4 is 0 Å². The third-order valence-corrected chi connectivity index (χ3v) is 0.651. The van der Waals surface area contributed by atoms with Crippen LogP contribution in [0.2, 0.25) is 0 Å². The van der Waals surface area contributed by atoms with E-state index >= 15 is 0 Å². The molecule has 0 rings (SSSR count). The summed E-state index contributed by atoms with van der Waals surface area (Å²) in [5, 5.41) is 0. The first-order valence-corrected chi connectivity index (χ1v) is 2.42. The summed E-state index contributed by atoms with van der Waals surface area (Å²) in [4.78, 5) is 2.34. The van der Waals surface area contributed by atoms with Crippen molar-refractivity contribution in [2.24, 2.45) is 0 Å². The Labute approximate surface area is 52.2 Å². The van der Waals surface area contributed by atoms with Gasteiger partial charge in [-0.1, -0.05) is 0 Å². The van der Waals surface area contributed by atoms with Crippen molar-refractivity contribution in [1.82, 2.24) is 0 Å². The molecule has 2 heteroatoms. The number of methoxy groups -OCH3 is 1. The molecule has 0 spiro atoms. The van der Waals surface area contributed by atoms with Crippen molar-refractivity contribution in [2.45, 2.75) is 6.42 Å². The van der Waals surface area contributed by atoms with Gasteiger partial charge in [-0.15, -0.1) is 0 Å². The van der Waals surface area contributed by atoms with Crippen LogP contribution in [0.3, 0.4) is 0 Å². The second-order valence-corrected chi connectivity index (χ2v) is 1.23. The average molecular weight is 147 g/mol. The monoisotopic (exact) mass is 146 g/mol. The van der Waals surface area contributed by atoms with E-state index < -0.39 is 0 Å². The molecule has 0 unspecified atom stereocenters. The van der Waals surface area contributed by atoms with Crippen LogP contribution in [0.1, 0.15) is 6.42 Å². The van der Waals surface area contributed by atoms with Crippen LogP contribution in [0.25, 0.3) is 0 Å². The van der Waals surface area contributed by atoms with Gasteiger partial charge in [-0.2, -0.15) is 0 Å². The average Bonchev–Trinajstić information content (AvgIpc) is 1.69. The summed E-state index contributed by atoms with van der Waals surface area (Å²) in [6.07, 6.45) is 0.745. The normalized spacial score (nSPS) is 7.29. The van der Waals surface area contributed by atoms with Crippen molar-refractivity contribution in [1.29, 1.82) is 0 Å². The van der Waals surface area contributed by atoms with Gasteiger partial charge in [0.2, 0.25) is 0 Å². The van der Waals surface area contributed by atoms with Crippen LogP contribution < -0.4 is 0 Å². The zero-order valence-corrected chi connectivity index (χ0v) is 5.07.